The second kappa shape index (κ2) is 13.9. The lowest BCUT2D eigenvalue weighted by Gasteiger charge is -2.37. The summed E-state index contributed by atoms with van der Waals surface area (Å²) in [6, 6.07) is 14.3. The van der Waals surface area contributed by atoms with Crippen LogP contribution in [-0.4, -0.2) is 52.2 Å². The zero-order valence-corrected chi connectivity index (χ0v) is 22.7. The number of nitrogens with one attached hydrogen (secondary N) is 1. The number of nitrogens with zero attached hydrogens (tertiary/aromatic N) is 1. The molecule has 1 aliphatic rings. The number of aliphatic carboxylic acids is 1. The number of carboxylic acids is 1. The highest BCUT2D eigenvalue weighted by Crippen LogP contribution is 2.22. The van der Waals surface area contributed by atoms with Gasteiger partial charge in [-0.15, -0.1) is 0 Å². The number of aryl methyl sites for hydroxylation is 1. The molecule has 1 fully saturated rings. The average molecular weight is 521 g/mol. The van der Waals surface area contributed by atoms with Gasteiger partial charge in [0.15, 0.2) is 0 Å². The summed E-state index contributed by atoms with van der Waals surface area (Å²) in [5, 5.41) is 12.2. The molecule has 1 saturated heterocycles. The van der Waals surface area contributed by atoms with E-state index in [0.29, 0.717) is 32.2 Å². The van der Waals surface area contributed by atoms with Crippen LogP contribution in [0.2, 0.25) is 0 Å². The van der Waals surface area contributed by atoms with Crippen LogP contribution in [0.3, 0.4) is 0 Å². The van der Waals surface area contributed by atoms with Crippen LogP contribution < -0.4 is 5.32 Å². The van der Waals surface area contributed by atoms with Gasteiger partial charge in [-0.3, -0.25) is 19.2 Å². The van der Waals surface area contributed by atoms with Crippen molar-refractivity contribution in [3.05, 3.63) is 70.8 Å². The minimum atomic E-state index is -0.917. The number of rotatable bonds is 12. The molecular weight excluding hydrogens is 480 g/mol. The molecule has 2 amide bonds. The number of piperidine rings is 1. The number of amides is 2. The normalized spacial score (nSPS) is 16.2. The molecule has 3 rings (SSSR count). The summed E-state index contributed by atoms with van der Waals surface area (Å²) >= 11 is 0. The number of benzene rings is 2. The Morgan fingerprint density at radius 3 is 2.24 bits per heavy atom. The minimum Gasteiger partial charge on any atom is -0.481 e. The largest absolute Gasteiger partial charge is 0.481 e. The third kappa shape index (κ3) is 8.82. The first-order chi connectivity index (χ1) is 18.1. The van der Waals surface area contributed by atoms with Crippen LogP contribution in [0.5, 0.6) is 0 Å². The Bertz CT molecular complexity index is 1130. The smallest absolute Gasteiger partial charge is 0.305 e. The Kier molecular flexibility index (Phi) is 10.6. The molecule has 1 aliphatic heterocycles. The van der Waals surface area contributed by atoms with Gasteiger partial charge in [0, 0.05) is 25.4 Å². The molecule has 1 unspecified atom stereocenters. The van der Waals surface area contributed by atoms with Crippen molar-refractivity contribution in [2.45, 2.75) is 84.2 Å². The predicted octanol–water partition coefficient (Wildman–Crippen LogP) is 4.28. The highest BCUT2D eigenvalue weighted by Gasteiger charge is 2.33. The summed E-state index contributed by atoms with van der Waals surface area (Å²) in [6.07, 6.45) is 3.67. The van der Waals surface area contributed by atoms with Crippen molar-refractivity contribution < 1.29 is 24.3 Å². The topological polar surface area (TPSA) is 104 Å². The number of hydrogen-bond donors (Lipinski definition) is 2. The molecule has 2 aromatic rings. The lowest BCUT2D eigenvalue weighted by Crippen LogP contribution is -2.54. The molecule has 0 spiro atoms. The van der Waals surface area contributed by atoms with E-state index in [1.54, 1.807) is 4.90 Å². The molecule has 0 aliphatic carbocycles. The Morgan fingerprint density at radius 1 is 0.947 bits per heavy atom. The van der Waals surface area contributed by atoms with Crippen LogP contribution in [0.15, 0.2) is 48.5 Å². The van der Waals surface area contributed by atoms with Crippen LogP contribution in [0.25, 0.3) is 0 Å². The number of ketones is 1. The summed E-state index contributed by atoms with van der Waals surface area (Å²) in [6.45, 7) is 6.51. The first-order valence-corrected chi connectivity index (χ1v) is 13.6. The van der Waals surface area contributed by atoms with E-state index in [-0.39, 0.29) is 42.4 Å². The van der Waals surface area contributed by atoms with Gasteiger partial charge in [-0.05, 0) is 60.8 Å². The number of Topliss-reactive ketones (excluding diaryl/α,β-unsaturated/α-hetero) is 1. The van der Waals surface area contributed by atoms with Gasteiger partial charge in [-0.1, -0.05) is 62.4 Å². The molecule has 7 nitrogen and oxygen atoms in total. The first kappa shape index (κ1) is 29.1. The van der Waals surface area contributed by atoms with Crippen molar-refractivity contribution in [1.29, 1.82) is 0 Å². The average Bonchev–Trinajstić information content (AvgIpc) is 2.85. The Morgan fingerprint density at radius 2 is 1.61 bits per heavy atom. The van der Waals surface area contributed by atoms with Crippen molar-refractivity contribution >= 4 is 23.6 Å². The van der Waals surface area contributed by atoms with Crippen LogP contribution in [0, 0.1) is 12.8 Å². The molecular formula is C31H40N2O5. The second-order valence-corrected chi connectivity index (χ2v) is 10.8. The summed E-state index contributed by atoms with van der Waals surface area (Å²) in [5.74, 6) is -1.04. The Balaban J connectivity index is 1.58. The highest BCUT2D eigenvalue weighted by molar-refractivity contribution is 5.89. The molecule has 38 heavy (non-hydrogen) atoms. The zero-order valence-electron chi connectivity index (χ0n) is 22.7. The molecule has 2 N–H and O–H groups in total. The molecule has 0 saturated carbocycles. The fourth-order valence-electron chi connectivity index (χ4n) is 5.11. The standard InChI is InChI=1S/C31H40N2O5/c1-21(2)16-28(31(38)33-15-7-6-10-26(33)20-30(36)37)32-29(35)18-24-13-11-23(12-14-24)17-27(34)19-25-9-5-4-8-22(25)3/h4-5,8-9,11-14,21,26,28H,6-7,10,15-20H2,1-3H3,(H,32,35)(H,36,37)/t26?,28-/m0/s1. The Labute approximate surface area is 225 Å². The molecule has 0 aromatic heterocycles. The van der Waals surface area contributed by atoms with Gasteiger partial charge in [0.2, 0.25) is 11.8 Å². The molecule has 2 aromatic carbocycles. The van der Waals surface area contributed by atoms with Crippen LogP contribution in [-0.2, 0) is 38.4 Å². The van der Waals surface area contributed by atoms with Crippen molar-refractivity contribution in [2.75, 3.05) is 6.54 Å². The van der Waals surface area contributed by atoms with Gasteiger partial charge in [0.1, 0.15) is 11.8 Å². The third-order valence-corrected chi connectivity index (χ3v) is 7.10. The number of carboxylic acid groups (broad SMARTS) is 1. The number of hydrogen-bond acceptors (Lipinski definition) is 4. The molecule has 0 bridgehead atoms. The van der Waals surface area contributed by atoms with E-state index in [2.05, 4.69) is 5.32 Å². The maximum absolute atomic E-state index is 13.4. The minimum absolute atomic E-state index is 0.0755. The maximum atomic E-state index is 13.4. The summed E-state index contributed by atoms with van der Waals surface area (Å²) in [7, 11) is 0. The Hall–Kier alpha value is -3.48. The van der Waals surface area contributed by atoms with Crippen LogP contribution in [0.4, 0.5) is 0 Å². The SMILES string of the molecule is Cc1ccccc1CC(=O)Cc1ccc(CC(=O)N[C@@H](CC(C)C)C(=O)N2CCCCC2CC(=O)O)cc1. The lowest BCUT2D eigenvalue weighted by atomic mass is 9.96. The van der Waals surface area contributed by atoms with Crippen molar-refractivity contribution in [1.82, 2.24) is 10.2 Å². The molecule has 204 valence electrons. The monoisotopic (exact) mass is 520 g/mol. The van der Waals surface area contributed by atoms with Crippen molar-refractivity contribution in [2.24, 2.45) is 5.92 Å². The van der Waals surface area contributed by atoms with Gasteiger partial charge in [-0.2, -0.15) is 0 Å². The van der Waals surface area contributed by atoms with Gasteiger partial charge >= 0.3 is 5.97 Å². The molecule has 0 radical (unpaired) electrons. The number of carbonyl (C=O) groups is 4. The van der Waals surface area contributed by atoms with Crippen LogP contribution in [0.1, 0.15) is 68.2 Å². The van der Waals surface area contributed by atoms with Gasteiger partial charge in [-0.25, -0.2) is 0 Å². The zero-order chi connectivity index (χ0) is 27.7. The number of likely N-dealkylation sites (tertiary alicyclic amines) is 1. The van der Waals surface area contributed by atoms with Gasteiger partial charge < -0.3 is 15.3 Å². The fraction of sp³-hybridized carbons (Fsp3) is 0.484. The highest BCUT2D eigenvalue weighted by atomic mass is 16.4. The summed E-state index contributed by atoms with van der Waals surface area (Å²) in [5.41, 5.74) is 3.84. The predicted molar refractivity (Wildman–Crippen MR) is 147 cm³/mol. The number of carbonyl (C=O) groups excluding carboxylic acids is 3. The van der Waals surface area contributed by atoms with Gasteiger partial charge in [0.05, 0.1) is 12.8 Å². The second-order valence-electron chi connectivity index (χ2n) is 10.8. The van der Waals surface area contributed by atoms with E-state index in [9.17, 15) is 24.3 Å². The fourth-order valence-corrected chi connectivity index (χ4v) is 5.11. The third-order valence-electron chi connectivity index (χ3n) is 7.10. The molecule has 1 heterocycles. The maximum Gasteiger partial charge on any atom is 0.305 e. The van der Waals surface area contributed by atoms with E-state index in [1.807, 2.05) is 69.3 Å². The molecule has 2 atom stereocenters. The quantitative estimate of drug-likeness (QED) is 0.435. The van der Waals surface area contributed by atoms with Gasteiger partial charge in [0.25, 0.3) is 0 Å². The van der Waals surface area contributed by atoms with Crippen molar-refractivity contribution in [3.8, 4) is 0 Å². The van der Waals surface area contributed by atoms with E-state index in [4.69, 9.17) is 0 Å². The van der Waals surface area contributed by atoms with E-state index >= 15 is 0 Å². The van der Waals surface area contributed by atoms with Crippen LogP contribution >= 0.6 is 0 Å². The van der Waals surface area contributed by atoms with Crippen molar-refractivity contribution in [3.63, 3.8) is 0 Å². The van der Waals surface area contributed by atoms with E-state index in [0.717, 1.165) is 35.1 Å². The first-order valence-electron chi connectivity index (χ1n) is 13.6. The summed E-state index contributed by atoms with van der Waals surface area (Å²) in [4.78, 5) is 51.8. The van der Waals surface area contributed by atoms with E-state index < -0.39 is 12.0 Å². The lowest BCUT2D eigenvalue weighted by molar-refractivity contribution is -0.144. The summed E-state index contributed by atoms with van der Waals surface area (Å²) < 4.78 is 0. The molecule has 7 heteroatoms. The van der Waals surface area contributed by atoms with E-state index in [1.165, 1.54) is 0 Å².